The quantitative estimate of drug-likeness (QED) is 0.475. The van der Waals surface area contributed by atoms with Gasteiger partial charge in [-0.25, -0.2) is 4.79 Å². The standard InChI is InChI=1S/C20H31N3O4/c1-3-5-10-21-20(25)22(11-4-2)16-19(24)23(14-17-8-6-12-26-17)15-18-9-7-13-27-18/h4,6,8,12,18H,2-3,5,7,9-11,13-16H2,1H3,(H,21,25)/t18-/m1/s1. The van der Waals surface area contributed by atoms with Crippen LogP contribution in [0.4, 0.5) is 4.79 Å². The molecule has 3 amide bonds. The number of unbranched alkanes of at least 4 members (excludes halogenated alkanes) is 1. The van der Waals surface area contributed by atoms with E-state index >= 15 is 0 Å². The molecule has 2 heterocycles. The molecule has 1 aromatic heterocycles. The summed E-state index contributed by atoms with van der Waals surface area (Å²) in [5.74, 6) is 0.582. The number of carbonyl (C=O) groups is 2. The number of amides is 3. The number of furan rings is 1. The van der Waals surface area contributed by atoms with Gasteiger partial charge in [-0.2, -0.15) is 0 Å². The third kappa shape index (κ3) is 7.09. The predicted molar refractivity (Wildman–Crippen MR) is 103 cm³/mol. The summed E-state index contributed by atoms with van der Waals surface area (Å²) >= 11 is 0. The molecule has 1 fully saturated rings. The van der Waals surface area contributed by atoms with E-state index in [1.54, 1.807) is 23.3 Å². The molecule has 0 aliphatic carbocycles. The van der Waals surface area contributed by atoms with Gasteiger partial charge >= 0.3 is 6.03 Å². The van der Waals surface area contributed by atoms with Crippen LogP contribution in [-0.4, -0.2) is 60.6 Å². The first-order valence-electron chi connectivity index (χ1n) is 9.69. The number of nitrogens with zero attached hydrogens (tertiary/aromatic N) is 2. The van der Waals surface area contributed by atoms with Gasteiger partial charge in [0.05, 0.1) is 18.9 Å². The van der Waals surface area contributed by atoms with Gasteiger partial charge in [0.15, 0.2) is 0 Å². The Kier molecular flexibility index (Phi) is 8.91. The minimum absolute atomic E-state index is 0.00257. The Morgan fingerprint density at radius 1 is 1.41 bits per heavy atom. The molecular weight excluding hydrogens is 346 g/mol. The fourth-order valence-electron chi connectivity index (χ4n) is 3.00. The number of hydrogen-bond acceptors (Lipinski definition) is 4. The van der Waals surface area contributed by atoms with Crippen LogP contribution in [0.2, 0.25) is 0 Å². The first-order chi connectivity index (χ1) is 13.1. The van der Waals surface area contributed by atoms with Crippen LogP contribution in [0.5, 0.6) is 0 Å². The van der Waals surface area contributed by atoms with Crippen LogP contribution >= 0.6 is 0 Å². The lowest BCUT2D eigenvalue weighted by Gasteiger charge is -2.28. The minimum Gasteiger partial charge on any atom is -0.467 e. The van der Waals surface area contributed by atoms with Crippen molar-refractivity contribution in [2.75, 3.05) is 32.8 Å². The molecule has 150 valence electrons. The summed E-state index contributed by atoms with van der Waals surface area (Å²) in [5.41, 5.74) is 0. The van der Waals surface area contributed by atoms with Gasteiger partial charge in [-0.05, 0) is 31.4 Å². The van der Waals surface area contributed by atoms with Crippen molar-refractivity contribution in [3.05, 3.63) is 36.8 Å². The van der Waals surface area contributed by atoms with Gasteiger partial charge in [-0.1, -0.05) is 19.4 Å². The fourth-order valence-corrected chi connectivity index (χ4v) is 3.00. The van der Waals surface area contributed by atoms with Crippen molar-refractivity contribution in [2.45, 2.75) is 45.3 Å². The van der Waals surface area contributed by atoms with Gasteiger partial charge in [-0.3, -0.25) is 4.79 Å². The molecule has 0 saturated carbocycles. The average molecular weight is 377 g/mol. The highest BCUT2D eigenvalue weighted by Crippen LogP contribution is 2.16. The van der Waals surface area contributed by atoms with E-state index in [0.29, 0.717) is 31.9 Å². The Balaban J connectivity index is 1.99. The second-order valence-electron chi connectivity index (χ2n) is 6.74. The molecule has 0 aromatic carbocycles. The molecule has 1 aliphatic rings. The van der Waals surface area contributed by atoms with E-state index in [1.165, 1.54) is 4.90 Å². The van der Waals surface area contributed by atoms with Crippen LogP contribution in [0.1, 0.15) is 38.4 Å². The van der Waals surface area contributed by atoms with Crippen LogP contribution in [0.15, 0.2) is 35.5 Å². The molecule has 1 atom stereocenters. The van der Waals surface area contributed by atoms with Gasteiger partial charge < -0.3 is 24.3 Å². The summed E-state index contributed by atoms with van der Waals surface area (Å²) in [7, 11) is 0. The summed E-state index contributed by atoms with van der Waals surface area (Å²) in [6.07, 6.45) is 7.12. The molecule has 7 heteroatoms. The summed E-state index contributed by atoms with van der Waals surface area (Å²) < 4.78 is 11.1. The number of nitrogens with one attached hydrogen (secondary N) is 1. The summed E-state index contributed by atoms with van der Waals surface area (Å²) in [6.45, 7) is 8.27. The summed E-state index contributed by atoms with van der Waals surface area (Å²) in [6, 6.07) is 3.40. The second-order valence-corrected chi connectivity index (χ2v) is 6.74. The SMILES string of the molecule is C=CCN(CC(=O)N(Cc1ccco1)C[C@H]1CCCO1)C(=O)NCCCC. The average Bonchev–Trinajstić information content (AvgIpc) is 3.35. The molecule has 0 unspecified atom stereocenters. The molecule has 0 bridgehead atoms. The Bertz CT molecular complexity index is 582. The Morgan fingerprint density at radius 3 is 2.89 bits per heavy atom. The first kappa shape index (κ1) is 21.0. The smallest absolute Gasteiger partial charge is 0.318 e. The monoisotopic (exact) mass is 377 g/mol. The highest BCUT2D eigenvalue weighted by molar-refractivity contribution is 5.84. The second kappa shape index (κ2) is 11.4. The van der Waals surface area contributed by atoms with Crippen molar-refractivity contribution in [2.24, 2.45) is 0 Å². The minimum atomic E-state index is -0.244. The maximum absolute atomic E-state index is 12.9. The van der Waals surface area contributed by atoms with E-state index in [1.807, 2.05) is 6.07 Å². The molecule has 0 spiro atoms. The van der Waals surface area contributed by atoms with E-state index in [0.717, 1.165) is 32.3 Å². The number of rotatable bonds is 11. The molecule has 1 aliphatic heterocycles. The van der Waals surface area contributed by atoms with Crippen LogP contribution < -0.4 is 5.32 Å². The Morgan fingerprint density at radius 2 is 2.26 bits per heavy atom. The van der Waals surface area contributed by atoms with Gasteiger partial charge in [0.25, 0.3) is 0 Å². The van der Waals surface area contributed by atoms with Gasteiger partial charge in [0.1, 0.15) is 12.3 Å². The van der Waals surface area contributed by atoms with Crippen LogP contribution in [0.25, 0.3) is 0 Å². The number of hydrogen-bond donors (Lipinski definition) is 1. The number of ether oxygens (including phenoxy) is 1. The molecule has 1 saturated heterocycles. The molecule has 1 aromatic rings. The third-order valence-electron chi connectivity index (χ3n) is 4.50. The van der Waals surface area contributed by atoms with Gasteiger partial charge in [0.2, 0.25) is 5.91 Å². The number of urea groups is 1. The molecule has 2 rings (SSSR count). The number of carbonyl (C=O) groups excluding carboxylic acids is 2. The Labute approximate surface area is 161 Å². The predicted octanol–water partition coefficient (Wildman–Crippen LogP) is 2.78. The zero-order valence-corrected chi connectivity index (χ0v) is 16.2. The summed E-state index contributed by atoms with van der Waals surface area (Å²) in [4.78, 5) is 28.5. The lowest BCUT2D eigenvalue weighted by atomic mass is 10.2. The van der Waals surface area contributed by atoms with Crippen molar-refractivity contribution in [1.29, 1.82) is 0 Å². The van der Waals surface area contributed by atoms with Crippen molar-refractivity contribution in [3.63, 3.8) is 0 Å². The van der Waals surface area contributed by atoms with E-state index in [9.17, 15) is 9.59 Å². The molecule has 1 N–H and O–H groups in total. The van der Waals surface area contributed by atoms with Gasteiger partial charge in [-0.15, -0.1) is 6.58 Å². The van der Waals surface area contributed by atoms with Crippen molar-refractivity contribution < 1.29 is 18.7 Å². The molecule has 27 heavy (non-hydrogen) atoms. The highest BCUT2D eigenvalue weighted by Gasteiger charge is 2.25. The fraction of sp³-hybridized carbons (Fsp3) is 0.600. The van der Waals surface area contributed by atoms with Crippen molar-refractivity contribution in [3.8, 4) is 0 Å². The van der Waals surface area contributed by atoms with E-state index in [4.69, 9.17) is 9.15 Å². The topological polar surface area (TPSA) is 75.0 Å². The van der Waals surface area contributed by atoms with Crippen LogP contribution in [0.3, 0.4) is 0 Å². The maximum Gasteiger partial charge on any atom is 0.318 e. The molecular formula is C20H31N3O4. The van der Waals surface area contributed by atoms with Crippen LogP contribution in [0, 0.1) is 0 Å². The largest absolute Gasteiger partial charge is 0.467 e. The van der Waals surface area contributed by atoms with E-state index in [-0.39, 0.29) is 24.6 Å². The van der Waals surface area contributed by atoms with Crippen molar-refractivity contribution in [1.82, 2.24) is 15.1 Å². The van der Waals surface area contributed by atoms with Gasteiger partial charge in [0, 0.05) is 26.2 Å². The van der Waals surface area contributed by atoms with Crippen molar-refractivity contribution >= 4 is 11.9 Å². The van der Waals surface area contributed by atoms with E-state index < -0.39 is 0 Å². The normalized spacial score (nSPS) is 16.1. The lowest BCUT2D eigenvalue weighted by Crippen LogP contribution is -2.48. The zero-order chi connectivity index (χ0) is 19.5. The highest BCUT2D eigenvalue weighted by atomic mass is 16.5. The zero-order valence-electron chi connectivity index (χ0n) is 16.2. The van der Waals surface area contributed by atoms with Crippen LogP contribution in [-0.2, 0) is 16.1 Å². The first-order valence-corrected chi connectivity index (χ1v) is 9.69. The Hall–Kier alpha value is -2.28. The third-order valence-corrected chi connectivity index (χ3v) is 4.50. The maximum atomic E-state index is 12.9. The van der Waals surface area contributed by atoms with E-state index in [2.05, 4.69) is 18.8 Å². The lowest BCUT2D eigenvalue weighted by molar-refractivity contribution is -0.134. The molecule has 7 nitrogen and oxygen atoms in total. The summed E-state index contributed by atoms with van der Waals surface area (Å²) in [5, 5.41) is 2.86. The molecule has 0 radical (unpaired) electrons.